The van der Waals surface area contributed by atoms with E-state index in [1.54, 1.807) is 23.1 Å². The lowest BCUT2D eigenvalue weighted by molar-refractivity contribution is -0.118. The van der Waals surface area contributed by atoms with Gasteiger partial charge in [-0.15, -0.1) is 35.9 Å². The van der Waals surface area contributed by atoms with Crippen molar-refractivity contribution in [1.29, 1.82) is 0 Å². The molecule has 0 aliphatic heterocycles. The first-order valence-corrected chi connectivity index (χ1v) is 13.1. The smallest absolute Gasteiger partial charge is 0.228 e. The SMILES string of the molecule is CSc1ccc2nc(N(CCN(C)C)C(=O)CCCSc3ccc(C)cc3)sc2c1.Cl. The Morgan fingerprint density at radius 1 is 1.06 bits per heavy atom. The standard InChI is InChI=1S/C23H29N3OS3.ClH/c1-17-7-9-18(10-8-17)29-15-5-6-22(27)26(14-13-25(2)3)23-24-20-12-11-19(28-4)16-21(20)30-23;/h7-12,16H,5-6,13-15H2,1-4H3;1H. The Kier molecular flexibility index (Phi) is 10.7. The average Bonchev–Trinajstić information content (AvgIpc) is 3.15. The van der Waals surface area contributed by atoms with Crippen molar-refractivity contribution < 1.29 is 4.79 Å². The molecule has 168 valence electrons. The number of likely N-dealkylation sites (N-methyl/N-ethyl adjacent to an activating group) is 1. The Morgan fingerprint density at radius 3 is 2.45 bits per heavy atom. The molecular formula is C23H30ClN3OS3. The molecule has 0 aliphatic carbocycles. The van der Waals surface area contributed by atoms with Crippen molar-refractivity contribution in [2.45, 2.75) is 29.6 Å². The maximum Gasteiger partial charge on any atom is 0.228 e. The summed E-state index contributed by atoms with van der Waals surface area (Å²) >= 11 is 5.14. The predicted octanol–water partition coefficient (Wildman–Crippen LogP) is 6.22. The third-order valence-electron chi connectivity index (χ3n) is 4.71. The van der Waals surface area contributed by atoms with Crippen molar-refractivity contribution in [3.05, 3.63) is 48.0 Å². The van der Waals surface area contributed by atoms with Gasteiger partial charge in [0.15, 0.2) is 5.13 Å². The molecule has 3 rings (SSSR count). The van der Waals surface area contributed by atoms with Crippen LogP contribution >= 0.6 is 47.3 Å². The number of carbonyl (C=O) groups is 1. The zero-order valence-corrected chi connectivity index (χ0v) is 21.7. The number of halogens is 1. The topological polar surface area (TPSA) is 36.4 Å². The highest BCUT2D eigenvalue weighted by Crippen LogP contribution is 2.32. The summed E-state index contributed by atoms with van der Waals surface area (Å²) in [7, 11) is 4.06. The van der Waals surface area contributed by atoms with Gasteiger partial charge >= 0.3 is 0 Å². The highest BCUT2D eigenvalue weighted by atomic mass is 35.5. The molecule has 4 nitrogen and oxygen atoms in total. The summed E-state index contributed by atoms with van der Waals surface area (Å²) < 4.78 is 1.13. The van der Waals surface area contributed by atoms with Crippen LogP contribution in [0.5, 0.6) is 0 Å². The van der Waals surface area contributed by atoms with E-state index in [9.17, 15) is 4.79 Å². The second-order valence-electron chi connectivity index (χ2n) is 7.44. The Morgan fingerprint density at radius 2 is 1.77 bits per heavy atom. The van der Waals surface area contributed by atoms with E-state index in [1.807, 2.05) is 36.8 Å². The lowest BCUT2D eigenvalue weighted by atomic mass is 10.2. The van der Waals surface area contributed by atoms with Crippen LogP contribution in [-0.4, -0.2) is 55.0 Å². The predicted molar refractivity (Wildman–Crippen MR) is 141 cm³/mol. The summed E-state index contributed by atoms with van der Waals surface area (Å²) in [6, 6.07) is 14.9. The number of amides is 1. The van der Waals surface area contributed by atoms with Crippen LogP contribution in [0.2, 0.25) is 0 Å². The fourth-order valence-corrected chi connectivity index (χ4v) is 5.36. The number of thiazole rings is 1. The van der Waals surface area contributed by atoms with Crippen LogP contribution in [0.1, 0.15) is 18.4 Å². The summed E-state index contributed by atoms with van der Waals surface area (Å²) in [6.45, 7) is 3.57. The van der Waals surface area contributed by atoms with E-state index in [2.05, 4.69) is 54.5 Å². The molecule has 1 amide bonds. The van der Waals surface area contributed by atoms with E-state index in [1.165, 1.54) is 15.4 Å². The van der Waals surface area contributed by atoms with E-state index in [0.29, 0.717) is 13.0 Å². The molecule has 0 spiro atoms. The summed E-state index contributed by atoms with van der Waals surface area (Å²) in [5, 5.41) is 0.807. The number of nitrogens with zero attached hydrogens (tertiary/aromatic N) is 3. The molecule has 0 N–H and O–H groups in total. The van der Waals surface area contributed by atoms with Crippen molar-refractivity contribution in [1.82, 2.24) is 9.88 Å². The fourth-order valence-electron chi connectivity index (χ4n) is 2.95. The number of aryl methyl sites for hydroxylation is 1. The maximum absolute atomic E-state index is 13.1. The minimum atomic E-state index is 0. The van der Waals surface area contributed by atoms with Gasteiger partial charge in [-0.2, -0.15) is 0 Å². The van der Waals surface area contributed by atoms with Gasteiger partial charge in [0.25, 0.3) is 0 Å². The van der Waals surface area contributed by atoms with Gasteiger partial charge in [-0.25, -0.2) is 4.98 Å². The molecule has 0 bridgehead atoms. The maximum atomic E-state index is 13.1. The van der Waals surface area contributed by atoms with E-state index in [4.69, 9.17) is 4.98 Å². The Balaban J connectivity index is 0.00000341. The molecule has 1 aromatic heterocycles. The van der Waals surface area contributed by atoms with Crippen LogP contribution in [0.15, 0.2) is 52.3 Å². The van der Waals surface area contributed by atoms with Gasteiger partial charge in [0.05, 0.1) is 10.2 Å². The molecule has 0 atom stereocenters. The Labute approximate surface area is 204 Å². The number of fused-ring (bicyclic) bond motifs is 1. The van der Waals surface area contributed by atoms with Gasteiger partial charge in [0.2, 0.25) is 5.91 Å². The molecule has 0 saturated heterocycles. The zero-order valence-electron chi connectivity index (χ0n) is 18.5. The van der Waals surface area contributed by atoms with Crippen LogP contribution in [0.4, 0.5) is 5.13 Å². The third kappa shape index (κ3) is 7.68. The van der Waals surface area contributed by atoms with Crippen molar-refractivity contribution in [3.8, 4) is 0 Å². The summed E-state index contributed by atoms with van der Waals surface area (Å²) in [5.74, 6) is 1.10. The van der Waals surface area contributed by atoms with Gasteiger partial charge in [0.1, 0.15) is 0 Å². The lowest BCUT2D eigenvalue weighted by Gasteiger charge is -2.22. The average molecular weight is 496 g/mol. The molecule has 1 heterocycles. The summed E-state index contributed by atoms with van der Waals surface area (Å²) in [6.07, 6.45) is 3.47. The first kappa shape index (κ1) is 26.0. The molecule has 0 saturated carbocycles. The molecule has 0 aliphatic rings. The number of thioether (sulfide) groups is 2. The van der Waals surface area contributed by atoms with Crippen LogP contribution in [-0.2, 0) is 4.79 Å². The monoisotopic (exact) mass is 495 g/mol. The number of rotatable bonds is 10. The highest BCUT2D eigenvalue weighted by molar-refractivity contribution is 7.99. The number of carbonyl (C=O) groups excluding carboxylic acids is 1. The first-order chi connectivity index (χ1) is 14.5. The molecule has 0 radical (unpaired) electrons. The molecule has 2 aromatic carbocycles. The van der Waals surface area contributed by atoms with Gasteiger partial charge in [0, 0.05) is 29.3 Å². The molecular weight excluding hydrogens is 466 g/mol. The van der Waals surface area contributed by atoms with Crippen molar-refractivity contribution in [3.63, 3.8) is 0 Å². The zero-order chi connectivity index (χ0) is 21.5. The number of hydrogen-bond acceptors (Lipinski definition) is 6. The highest BCUT2D eigenvalue weighted by Gasteiger charge is 2.19. The van der Waals surface area contributed by atoms with Crippen LogP contribution in [0, 0.1) is 6.92 Å². The number of benzene rings is 2. The molecule has 3 aromatic rings. The van der Waals surface area contributed by atoms with Crippen molar-refractivity contribution in [2.75, 3.05) is 44.1 Å². The normalized spacial score (nSPS) is 11.0. The molecule has 8 heteroatoms. The van der Waals surface area contributed by atoms with E-state index in [0.717, 1.165) is 34.1 Å². The molecule has 0 fully saturated rings. The van der Waals surface area contributed by atoms with Crippen molar-refractivity contribution >= 4 is 68.5 Å². The second kappa shape index (κ2) is 12.7. The van der Waals surface area contributed by atoms with Gasteiger partial charge in [-0.1, -0.05) is 29.0 Å². The summed E-state index contributed by atoms with van der Waals surface area (Å²) in [5.41, 5.74) is 2.23. The lowest BCUT2D eigenvalue weighted by Crippen LogP contribution is -2.36. The van der Waals surface area contributed by atoms with E-state index < -0.39 is 0 Å². The third-order valence-corrected chi connectivity index (χ3v) is 7.58. The Bertz CT molecular complexity index is 976. The van der Waals surface area contributed by atoms with Crippen molar-refractivity contribution in [2.24, 2.45) is 0 Å². The molecule has 0 unspecified atom stereocenters. The van der Waals surface area contributed by atoms with Crippen LogP contribution in [0.25, 0.3) is 10.2 Å². The first-order valence-electron chi connectivity index (χ1n) is 10.1. The van der Waals surface area contributed by atoms with Crippen LogP contribution in [0.3, 0.4) is 0 Å². The Hall–Kier alpha value is -1.25. The number of aromatic nitrogens is 1. The second-order valence-corrected chi connectivity index (χ2v) is 10.5. The van der Waals surface area contributed by atoms with Gasteiger partial charge < -0.3 is 4.90 Å². The molecule has 31 heavy (non-hydrogen) atoms. The van der Waals surface area contributed by atoms with E-state index in [-0.39, 0.29) is 18.3 Å². The quantitative estimate of drug-likeness (QED) is 0.246. The van der Waals surface area contributed by atoms with Gasteiger partial charge in [-0.3, -0.25) is 9.69 Å². The largest absolute Gasteiger partial charge is 0.308 e. The van der Waals surface area contributed by atoms with Gasteiger partial charge in [-0.05, 0) is 69.8 Å². The van der Waals surface area contributed by atoms with Crippen LogP contribution < -0.4 is 4.90 Å². The number of anilines is 1. The number of hydrogen-bond donors (Lipinski definition) is 0. The minimum absolute atomic E-state index is 0. The van der Waals surface area contributed by atoms with E-state index >= 15 is 0 Å². The fraction of sp³-hybridized carbons (Fsp3) is 0.391. The minimum Gasteiger partial charge on any atom is -0.308 e. The summed E-state index contributed by atoms with van der Waals surface area (Å²) in [4.78, 5) is 24.3.